The quantitative estimate of drug-likeness (QED) is 0.734. The second kappa shape index (κ2) is 3.89. The lowest BCUT2D eigenvalue weighted by Crippen LogP contribution is -2.15. The summed E-state index contributed by atoms with van der Waals surface area (Å²) in [4.78, 5) is 15.3. The molecule has 1 aliphatic carbocycles. The van der Waals surface area contributed by atoms with Gasteiger partial charge in [0.15, 0.2) is 6.29 Å². The average Bonchev–Trinajstić information content (AvgIpc) is 3.00. The first-order chi connectivity index (χ1) is 7.50. The zero-order chi connectivity index (χ0) is 11.8. The summed E-state index contributed by atoms with van der Waals surface area (Å²) < 4.78 is 5.62. The van der Waals surface area contributed by atoms with Crippen molar-refractivity contribution in [3.05, 3.63) is 23.5 Å². The molecule has 1 aromatic heterocycles. The molecule has 0 bridgehead atoms. The average molecular weight is 219 g/mol. The maximum atomic E-state index is 11.0. The lowest BCUT2D eigenvalue weighted by atomic mass is 9.91. The van der Waals surface area contributed by atoms with E-state index < -0.39 is 0 Å². The highest BCUT2D eigenvalue weighted by atomic mass is 16.5. The van der Waals surface area contributed by atoms with Crippen LogP contribution >= 0.6 is 0 Å². The molecule has 1 fully saturated rings. The van der Waals surface area contributed by atoms with Crippen molar-refractivity contribution in [1.29, 1.82) is 0 Å². The summed E-state index contributed by atoms with van der Waals surface area (Å²) in [7, 11) is 0. The van der Waals surface area contributed by atoms with Crippen LogP contribution in [0.4, 0.5) is 0 Å². The highest BCUT2D eigenvalue weighted by Gasteiger charge is 2.25. The molecular formula is C13H17NO2. The number of carbonyl (C=O) groups is 1. The molecule has 0 atom stereocenters. The molecule has 3 nitrogen and oxygen atoms in total. The Morgan fingerprint density at radius 3 is 2.56 bits per heavy atom. The third-order valence-electron chi connectivity index (χ3n) is 2.58. The normalized spacial score (nSPS) is 15.9. The van der Waals surface area contributed by atoms with E-state index in [2.05, 4.69) is 25.8 Å². The molecule has 1 aromatic rings. The van der Waals surface area contributed by atoms with Gasteiger partial charge in [0, 0.05) is 11.1 Å². The Morgan fingerprint density at radius 1 is 1.38 bits per heavy atom. The SMILES string of the molecule is CC(C)(C)c1ccc(OC2CC2)c(C=O)n1. The number of hydrogen-bond donors (Lipinski definition) is 0. The van der Waals surface area contributed by atoms with E-state index in [9.17, 15) is 4.79 Å². The molecule has 1 aliphatic rings. The maximum Gasteiger partial charge on any atom is 0.172 e. The monoisotopic (exact) mass is 219 g/mol. The Balaban J connectivity index is 2.30. The summed E-state index contributed by atoms with van der Waals surface area (Å²) in [5.41, 5.74) is 1.28. The predicted molar refractivity (Wildman–Crippen MR) is 62.0 cm³/mol. The van der Waals surface area contributed by atoms with E-state index in [0.717, 1.165) is 24.8 Å². The van der Waals surface area contributed by atoms with Crippen LogP contribution in [-0.4, -0.2) is 17.4 Å². The third-order valence-corrected chi connectivity index (χ3v) is 2.58. The Hall–Kier alpha value is -1.38. The van der Waals surface area contributed by atoms with Crippen molar-refractivity contribution < 1.29 is 9.53 Å². The standard InChI is InChI=1S/C13H17NO2/c1-13(2,3)12-7-6-11(10(8-15)14-12)16-9-4-5-9/h6-9H,4-5H2,1-3H3. The summed E-state index contributed by atoms with van der Waals surface area (Å²) in [6.07, 6.45) is 3.23. The molecule has 0 N–H and O–H groups in total. The Bertz CT molecular complexity index is 403. The van der Waals surface area contributed by atoms with E-state index in [1.165, 1.54) is 0 Å². The zero-order valence-corrected chi connectivity index (χ0v) is 9.99. The number of nitrogens with zero attached hydrogens (tertiary/aromatic N) is 1. The summed E-state index contributed by atoms with van der Waals surface area (Å²) in [5, 5.41) is 0. The molecule has 0 amide bonds. The van der Waals surface area contributed by atoms with Crippen molar-refractivity contribution in [1.82, 2.24) is 4.98 Å². The minimum Gasteiger partial charge on any atom is -0.488 e. The van der Waals surface area contributed by atoms with Gasteiger partial charge in [-0.15, -0.1) is 0 Å². The number of aldehydes is 1. The first-order valence-electron chi connectivity index (χ1n) is 5.64. The van der Waals surface area contributed by atoms with Crippen molar-refractivity contribution in [2.24, 2.45) is 0 Å². The van der Waals surface area contributed by atoms with E-state index in [-0.39, 0.29) is 5.41 Å². The van der Waals surface area contributed by atoms with Gasteiger partial charge in [0.1, 0.15) is 11.4 Å². The second-order valence-electron chi connectivity index (χ2n) is 5.26. The number of pyridine rings is 1. The molecule has 3 heteroatoms. The lowest BCUT2D eigenvalue weighted by Gasteiger charge is -2.18. The lowest BCUT2D eigenvalue weighted by molar-refractivity contribution is 0.111. The number of aromatic nitrogens is 1. The fraction of sp³-hybridized carbons (Fsp3) is 0.538. The van der Waals surface area contributed by atoms with Gasteiger partial charge in [-0.3, -0.25) is 4.79 Å². The smallest absolute Gasteiger partial charge is 0.172 e. The van der Waals surface area contributed by atoms with Gasteiger partial charge in [0.05, 0.1) is 6.10 Å². The van der Waals surface area contributed by atoms with E-state index in [1.54, 1.807) is 0 Å². The van der Waals surface area contributed by atoms with Crippen molar-refractivity contribution in [2.75, 3.05) is 0 Å². The van der Waals surface area contributed by atoms with E-state index in [0.29, 0.717) is 17.5 Å². The van der Waals surface area contributed by atoms with E-state index in [4.69, 9.17) is 4.74 Å². The molecule has 0 radical (unpaired) electrons. The fourth-order valence-corrected chi connectivity index (χ4v) is 1.43. The van der Waals surface area contributed by atoms with Gasteiger partial charge in [0.2, 0.25) is 0 Å². The van der Waals surface area contributed by atoms with Gasteiger partial charge in [-0.1, -0.05) is 20.8 Å². The molecule has 0 saturated heterocycles. The summed E-state index contributed by atoms with van der Waals surface area (Å²) in [6, 6.07) is 3.79. The highest BCUT2D eigenvalue weighted by Crippen LogP contribution is 2.29. The molecule has 16 heavy (non-hydrogen) atoms. The topological polar surface area (TPSA) is 39.2 Å². The van der Waals surface area contributed by atoms with Crippen LogP contribution in [0.25, 0.3) is 0 Å². The number of carbonyl (C=O) groups excluding carboxylic acids is 1. The zero-order valence-electron chi connectivity index (χ0n) is 9.99. The number of hydrogen-bond acceptors (Lipinski definition) is 3. The van der Waals surface area contributed by atoms with Crippen molar-refractivity contribution >= 4 is 6.29 Å². The second-order valence-corrected chi connectivity index (χ2v) is 5.26. The van der Waals surface area contributed by atoms with Gasteiger partial charge < -0.3 is 4.74 Å². The van der Waals surface area contributed by atoms with Gasteiger partial charge in [-0.25, -0.2) is 4.98 Å². The third kappa shape index (κ3) is 2.40. The molecular weight excluding hydrogens is 202 g/mol. The van der Waals surface area contributed by atoms with Crippen LogP contribution in [0.15, 0.2) is 12.1 Å². The molecule has 1 heterocycles. The van der Waals surface area contributed by atoms with E-state index in [1.807, 2.05) is 12.1 Å². The fourth-order valence-electron chi connectivity index (χ4n) is 1.43. The van der Waals surface area contributed by atoms with Crippen molar-refractivity contribution in [2.45, 2.75) is 45.1 Å². The van der Waals surface area contributed by atoms with Crippen LogP contribution in [0, 0.1) is 0 Å². The molecule has 86 valence electrons. The molecule has 2 rings (SSSR count). The van der Waals surface area contributed by atoms with Crippen LogP contribution in [0.3, 0.4) is 0 Å². The van der Waals surface area contributed by atoms with Crippen LogP contribution in [-0.2, 0) is 5.41 Å². The predicted octanol–water partition coefficient (Wildman–Crippen LogP) is 2.73. The first kappa shape index (κ1) is 11.1. The molecule has 0 aliphatic heterocycles. The summed E-state index contributed by atoms with van der Waals surface area (Å²) in [5.74, 6) is 0.616. The summed E-state index contributed by atoms with van der Waals surface area (Å²) >= 11 is 0. The van der Waals surface area contributed by atoms with Crippen molar-refractivity contribution in [3.8, 4) is 5.75 Å². The first-order valence-corrected chi connectivity index (χ1v) is 5.64. The van der Waals surface area contributed by atoms with E-state index >= 15 is 0 Å². The number of rotatable bonds is 3. The Labute approximate surface area is 95.8 Å². The van der Waals surface area contributed by atoms with Gasteiger partial charge in [-0.05, 0) is 25.0 Å². The Kier molecular flexibility index (Phi) is 2.70. The van der Waals surface area contributed by atoms with Crippen LogP contribution < -0.4 is 4.74 Å². The number of ether oxygens (including phenoxy) is 1. The Morgan fingerprint density at radius 2 is 2.06 bits per heavy atom. The van der Waals surface area contributed by atoms with Crippen LogP contribution in [0.2, 0.25) is 0 Å². The van der Waals surface area contributed by atoms with Crippen LogP contribution in [0.5, 0.6) is 5.75 Å². The molecule has 0 spiro atoms. The minimum atomic E-state index is -0.0458. The molecule has 1 saturated carbocycles. The largest absolute Gasteiger partial charge is 0.488 e. The molecule has 0 unspecified atom stereocenters. The van der Waals surface area contributed by atoms with Gasteiger partial charge >= 0.3 is 0 Å². The minimum absolute atomic E-state index is 0.0458. The highest BCUT2D eigenvalue weighted by molar-refractivity contribution is 5.76. The van der Waals surface area contributed by atoms with Crippen molar-refractivity contribution in [3.63, 3.8) is 0 Å². The van der Waals surface area contributed by atoms with Gasteiger partial charge in [-0.2, -0.15) is 0 Å². The van der Waals surface area contributed by atoms with Gasteiger partial charge in [0.25, 0.3) is 0 Å². The van der Waals surface area contributed by atoms with Crippen LogP contribution in [0.1, 0.15) is 49.8 Å². The maximum absolute atomic E-state index is 11.0. The summed E-state index contributed by atoms with van der Waals surface area (Å²) in [6.45, 7) is 6.22. The molecule has 0 aromatic carbocycles.